The molecule has 0 heterocycles. The molecule has 0 aromatic heterocycles. The van der Waals surface area contributed by atoms with Gasteiger partial charge in [0.15, 0.2) is 11.6 Å². The van der Waals surface area contributed by atoms with Crippen LogP contribution in [0.4, 0.5) is 14.9 Å². The minimum Gasteiger partial charge on any atom is -0.494 e. The summed E-state index contributed by atoms with van der Waals surface area (Å²) in [6.07, 6.45) is 2.09. The van der Waals surface area contributed by atoms with E-state index in [1.54, 1.807) is 24.3 Å². The molecule has 2 rings (SSSR count). The molecule has 0 aliphatic carbocycles. The molecule has 6 heteroatoms. The maximum absolute atomic E-state index is 13.3. The van der Waals surface area contributed by atoms with Crippen molar-refractivity contribution in [3.63, 3.8) is 0 Å². The van der Waals surface area contributed by atoms with E-state index in [0.29, 0.717) is 12.3 Å². The van der Waals surface area contributed by atoms with Gasteiger partial charge in [0.05, 0.1) is 13.2 Å². The Balaban J connectivity index is 1.65. The molecule has 2 amide bonds. The highest BCUT2D eigenvalue weighted by Gasteiger charge is 2.01. The number of anilines is 1. The highest BCUT2D eigenvalue weighted by Crippen LogP contribution is 2.16. The number of hydrogen-bond acceptors (Lipinski definition) is 3. The number of amides is 2. The third kappa shape index (κ3) is 7.70. The first-order valence-corrected chi connectivity index (χ1v) is 8.80. The number of carbonyl (C=O) groups excluding carboxylic acids is 1. The number of hydrogen-bond donors (Lipinski definition) is 2. The smallest absolute Gasteiger partial charge is 0.319 e. The summed E-state index contributed by atoms with van der Waals surface area (Å²) < 4.78 is 24.1. The maximum Gasteiger partial charge on any atom is 0.319 e. The van der Waals surface area contributed by atoms with Crippen molar-refractivity contribution in [2.45, 2.75) is 19.8 Å². The lowest BCUT2D eigenvalue weighted by Gasteiger charge is -2.08. The second kappa shape index (κ2) is 11.4. The van der Waals surface area contributed by atoms with Crippen molar-refractivity contribution >= 4 is 11.7 Å². The van der Waals surface area contributed by atoms with Crippen LogP contribution in [0.3, 0.4) is 0 Å². The lowest BCUT2D eigenvalue weighted by Crippen LogP contribution is -2.28. The van der Waals surface area contributed by atoms with Gasteiger partial charge in [0, 0.05) is 5.69 Å². The summed E-state index contributed by atoms with van der Waals surface area (Å²) in [4.78, 5) is 11.8. The summed E-state index contributed by atoms with van der Waals surface area (Å²) >= 11 is 0. The highest BCUT2D eigenvalue weighted by atomic mass is 19.1. The molecule has 5 nitrogen and oxygen atoms in total. The molecule has 0 spiro atoms. The standard InChI is InChI=1S/C21H23FN2O3/c1-2-3-15-26-18-12-10-17(11-13-18)24-21(25)23-14-6-7-16-27-20-9-5-4-8-19(20)22/h4-5,8-13H,2-3,14-16H2,1H3,(H2,23,24,25). The molecule has 0 aliphatic rings. The molecule has 0 saturated carbocycles. The molecular formula is C21H23FN2O3. The third-order valence-corrected chi connectivity index (χ3v) is 3.48. The van der Waals surface area contributed by atoms with Gasteiger partial charge in [0.25, 0.3) is 0 Å². The van der Waals surface area contributed by atoms with Gasteiger partial charge in [-0.3, -0.25) is 0 Å². The highest BCUT2D eigenvalue weighted by molar-refractivity contribution is 5.89. The lowest BCUT2D eigenvalue weighted by molar-refractivity contribution is 0.253. The predicted octanol–water partition coefficient (Wildman–Crippen LogP) is 4.21. The molecule has 0 aliphatic heterocycles. The van der Waals surface area contributed by atoms with Crippen LogP contribution >= 0.6 is 0 Å². The van der Waals surface area contributed by atoms with Gasteiger partial charge < -0.3 is 20.1 Å². The van der Waals surface area contributed by atoms with Crippen LogP contribution < -0.4 is 20.1 Å². The zero-order valence-corrected chi connectivity index (χ0v) is 15.3. The number of ether oxygens (including phenoxy) is 2. The maximum atomic E-state index is 13.3. The fourth-order valence-electron chi connectivity index (χ4n) is 2.06. The Bertz CT molecular complexity index is 782. The predicted molar refractivity (Wildman–Crippen MR) is 104 cm³/mol. The van der Waals surface area contributed by atoms with Crippen molar-refractivity contribution in [2.24, 2.45) is 0 Å². The van der Waals surface area contributed by atoms with Crippen molar-refractivity contribution in [2.75, 3.05) is 25.1 Å². The van der Waals surface area contributed by atoms with Gasteiger partial charge in [-0.1, -0.05) is 37.3 Å². The Labute approximate surface area is 158 Å². The Morgan fingerprint density at radius 1 is 1.07 bits per heavy atom. The van der Waals surface area contributed by atoms with E-state index in [-0.39, 0.29) is 24.9 Å². The van der Waals surface area contributed by atoms with E-state index in [9.17, 15) is 9.18 Å². The zero-order valence-electron chi connectivity index (χ0n) is 15.3. The number of carbonyl (C=O) groups is 1. The molecule has 0 fully saturated rings. The van der Waals surface area contributed by atoms with Gasteiger partial charge in [-0.25, -0.2) is 9.18 Å². The fourth-order valence-corrected chi connectivity index (χ4v) is 2.06. The molecule has 2 N–H and O–H groups in total. The van der Waals surface area contributed by atoms with Crippen LogP contribution in [-0.4, -0.2) is 25.8 Å². The van der Waals surface area contributed by atoms with E-state index in [2.05, 4.69) is 29.4 Å². The molecule has 0 bridgehead atoms. The van der Waals surface area contributed by atoms with Gasteiger partial charge in [0.1, 0.15) is 12.4 Å². The van der Waals surface area contributed by atoms with Gasteiger partial charge in [-0.05, 0) is 42.8 Å². The second-order valence-corrected chi connectivity index (χ2v) is 5.61. The number of nitrogens with one attached hydrogen (secondary N) is 2. The Kier molecular flexibility index (Phi) is 8.51. The normalized spacial score (nSPS) is 9.70. The van der Waals surface area contributed by atoms with Crippen LogP contribution in [0.25, 0.3) is 0 Å². The van der Waals surface area contributed by atoms with Crippen LogP contribution in [0.1, 0.15) is 19.8 Å². The number of rotatable bonds is 8. The van der Waals surface area contributed by atoms with Crippen molar-refractivity contribution in [3.8, 4) is 23.3 Å². The number of unbranched alkanes of at least 4 members (excludes halogenated alkanes) is 1. The number of para-hydroxylation sites is 1. The van der Waals surface area contributed by atoms with Crippen molar-refractivity contribution in [1.29, 1.82) is 0 Å². The average Bonchev–Trinajstić information content (AvgIpc) is 2.67. The topological polar surface area (TPSA) is 59.6 Å². The molecule has 0 unspecified atom stereocenters. The molecule has 0 atom stereocenters. The summed E-state index contributed by atoms with van der Waals surface area (Å²) in [5, 5.41) is 5.32. The largest absolute Gasteiger partial charge is 0.494 e. The number of benzene rings is 2. The van der Waals surface area contributed by atoms with Crippen molar-refractivity contribution < 1.29 is 18.7 Å². The summed E-state index contributed by atoms with van der Waals surface area (Å²) in [7, 11) is 0. The first-order valence-electron chi connectivity index (χ1n) is 8.80. The minimum atomic E-state index is -0.432. The van der Waals surface area contributed by atoms with Crippen LogP contribution in [0.2, 0.25) is 0 Å². The summed E-state index contributed by atoms with van der Waals surface area (Å²) in [6, 6.07) is 12.9. The molecule has 2 aromatic rings. The molecule has 0 radical (unpaired) electrons. The zero-order chi connectivity index (χ0) is 19.3. The van der Waals surface area contributed by atoms with Gasteiger partial charge in [0.2, 0.25) is 0 Å². The first kappa shape index (κ1) is 20.1. The number of halogens is 1. The molecule has 142 valence electrons. The SMILES string of the molecule is CCCCOc1ccc(NC(=O)NCC#CCOc2ccccc2F)cc1. The van der Waals surface area contributed by atoms with E-state index in [0.717, 1.165) is 18.6 Å². The van der Waals surface area contributed by atoms with E-state index < -0.39 is 5.82 Å². The molecule has 27 heavy (non-hydrogen) atoms. The van der Waals surface area contributed by atoms with E-state index in [1.165, 1.54) is 12.1 Å². The summed E-state index contributed by atoms with van der Waals surface area (Å²) in [5.74, 6) is 5.95. The van der Waals surface area contributed by atoms with Gasteiger partial charge in [-0.15, -0.1) is 0 Å². The molecular weight excluding hydrogens is 347 g/mol. The summed E-state index contributed by atoms with van der Waals surface area (Å²) in [6.45, 7) is 2.99. The quantitative estimate of drug-likeness (QED) is 0.541. The van der Waals surface area contributed by atoms with Crippen LogP contribution in [-0.2, 0) is 0 Å². The molecule has 0 saturated heterocycles. The Morgan fingerprint density at radius 2 is 1.85 bits per heavy atom. The van der Waals surface area contributed by atoms with Crippen LogP contribution in [0, 0.1) is 17.7 Å². The van der Waals surface area contributed by atoms with Crippen molar-refractivity contribution in [3.05, 3.63) is 54.3 Å². The average molecular weight is 370 g/mol. The monoisotopic (exact) mass is 370 g/mol. The number of urea groups is 1. The lowest BCUT2D eigenvalue weighted by atomic mass is 10.3. The van der Waals surface area contributed by atoms with E-state index >= 15 is 0 Å². The van der Waals surface area contributed by atoms with Gasteiger partial charge in [-0.2, -0.15) is 0 Å². The van der Waals surface area contributed by atoms with Crippen LogP contribution in [0.15, 0.2) is 48.5 Å². The second-order valence-electron chi connectivity index (χ2n) is 5.61. The Morgan fingerprint density at radius 3 is 2.59 bits per heavy atom. The van der Waals surface area contributed by atoms with E-state index in [1.807, 2.05) is 12.1 Å². The Hall–Kier alpha value is -3.20. The molecule has 2 aromatic carbocycles. The minimum absolute atomic E-state index is 0.0454. The van der Waals surface area contributed by atoms with Crippen LogP contribution in [0.5, 0.6) is 11.5 Å². The first-order chi connectivity index (χ1) is 13.2. The fraction of sp³-hybridized carbons (Fsp3) is 0.286. The van der Waals surface area contributed by atoms with E-state index in [4.69, 9.17) is 9.47 Å². The summed E-state index contributed by atoms with van der Waals surface area (Å²) in [5.41, 5.74) is 0.659. The van der Waals surface area contributed by atoms with Gasteiger partial charge >= 0.3 is 6.03 Å². The third-order valence-electron chi connectivity index (χ3n) is 3.48. The van der Waals surface area contributed by atoms with Crippen molar-refractivity contribution in [1.82, 2.24) is 5.32 Å².